The first-order valence-corrected chi connectivity index (χ1v) is 10.5. The third kappa shape index (κ3) is 4.35. The van der Waals surface area contributed by atoms with Crippen molar-refractivity contribution in [1.82, 2.24) is 4.72 Å². The molecular formula is C18H18Cl2N2O5S. The van der Waals surface area contributed by atoms with Gasteiger partial charge in [-0.25, -0.2) is 17.9 Å². The van der Waals surface area contributed by atoms with Crippen LogP contribution in [0.5, 0.6) is 5.75 Å². The Morgan fingerprint density at radius 3 is 2.61 bits per heavy atom. The molecule has 1 unspecified atom stereocenters. The molecule has 1 fully saturated rings. The van der Waals surface area contributed by atoms with Crippen LogP contribution in [0.4, 0.5) is 10.5 Å². The van der Waals surface area contributed by atoms with Crippen LogP contribution >= 0.6 is 23.2 Å². The van der Waals surface area contributed by atoms with Crippen molar-refractivity contribution in [2.45, 2.75) is 17.9 Å². The van der Waals surface area contributed by atoms with Gasteiger partial charge in [-0.15, -0.1) is 0 Å². The van der Waals surface area contributed by atoms with E-state index in [0.29, 0.717) is 27.0 Å². The Morgan fingerprint density at radius 1 is 1.21 bits per heavy atom. The van der Waals surface area contributed by atoms with Crippen LogP contribution in [0, 0.1) is 6.92 Å². The number of nitrogens with one attached hydrogen (secondary N) is 1. The first-order chi connectivity index (χ1) is 13.2. The maximum absolute atomic E-state index is 12.5. The number of anilines is 1. The van der Waals surface area contributed by atoms with Gasteiger partial charge in [-0.05, 0) is 48.9 Å². The van der Waals surface area contributed by atoms with Crippen LogP contribution in [0.15, 0.2) is 41.3 Å². The number of benzene rings is 2. The fourth-order valence-electron chi connectivity index (χ4n) is 2.80. The Balaban J connectivity index is 1.67. The van der Waals surface area contributed by atoms with Crippen LogP contribution in [0.1, 0.15) is 5.56 Å². The number of aryl methyl sites for hydroxylation is 1. The Hall–Kier alpha value is -2.00. The molecular weight excluding hydrogens is 427 g/mol. The number of methoxy groups -OCH3 is 1. The van der Waals surface area contributed by atoms with Gasteiger partial charge in [-0.3, -0.25) is 4.90 Å². The minimum absolute atomic E-state index is 0.0586. The van der Waals surface area contributed by atoms with Crippen LogP contribution in [0.25, 0.3) is 0 Å². The third-order valence-electron chi connectivity index (χ3n) is 4.27. The van der Waals surface area contributed by atoms with Gasteiger partial charge in [0.2, 0.25) is 10.0 Å². The van der Waals surface area contributed by atoms with E-state index < -0.39 is 22.2 Å². The second kappa shape index (κ2) is 8.16. The molecule has 0 aliphatic carbocycles. The monoisotopic (exact) mass is 444 g/mol. The predicted octanol–water partition coefficient (Wildman–Crippen LogP) is 3.61. The number of carbonyl (C=O) groups excluding carboxylic acids is 1. The molecule has 1 amide bonds. The van der Waals surface area contributed by atoms with E-state index in [4.69, 9.17) is 32.7 Å². The first kappa shape index (κ1) is 20.7. The van der Waals surface area contributed by atoms with Crippen molar-refractivity contribution < 1.29 is 22.7 Å². The van der Waals surface area contributed by atoms with E-state index in [2.05, 4.69) is 4.72 Å². The fourth-order valence-corrected chi connectivity index (χ4v) is 4.24. The molecule has 3 rings (SSSR count). The average molecular weight is 445 g/mol. The zero-order valence-electron chi connectivity index (χ0n) is 15.1. The summed E-state index contributed by atoms with van der Waals surface area (Å²) < 4.78 is 37.9. The highest BCUT2D eigenvalue weighted by Crippen LogP contribution is 2.29. The number of carbonyl (C=O) groups is 1. The molecule has 1 N–H and O–H groups in total. The molecule has 1 aliphatic rings. The van der Waals surface area contributed by atoms with Gasteiger partial charge in [0.25, 0.3) is 0 Å². The number of halogens is 2. The quantitative estimate of drug-likeness (QED) is 0.735. The summed E-state index contributed by atoms with van der Waals surface area (Å²) in [5, 5.41) is 0.683. The van der Waals surface area contributed by atoms with Gasteiger partial charge >= 0.3 is 6.09 Å². The van der Waals surface area contributed by atoms with Crippen molar-refractivity contribution in [1.29, 1.82) is 0 Å². The molecule has 1 saturated heterocycles. The molecule has 0 bridgehead atoms. The van der Waals surface area contributed by atoms with Crippen LogP contribution < -0.4 is 14.4 Å². The fraction of sp³-hybridized carbons (Fsp3) is 0.278. The lowest BCUT2D eigenvalue weighted by Gasteiger charge is -2.14. The Labute approximate surface area is 173 Å². The molecule has 28 heavy (non-hydrogen) atoms. The molecule has 1 aliphatic heterocycles. The molecule has 10 heteroatoms. The van der Waals surface area contributed by atoms with Crippen molar-refractivity contribution in [3.05, 3.63) is 52.0 Å². The van der Waals surface area contributed by atoms with Crippen molar-refractivity contribution in [2.75, 3.05) is 25.1 Å². The zero-order chi connectivity index (χ0) is 20.5. The smallest absolute Gasteiger partial charge is 0.414 e. The largest absolute Gasteiger partial charge is 0.496 e. The van der Waals surface area contributed by atoms with Crippen molar-refractivity contribution in [3.63, 3.8) is 0 Å². The Bertz CT molecular complexity index is 1010. The number of rotatable bonds is 6. The van der Waals surface area contributed by atoms with E-state index in [1.165, 1.54) is 24.1 Å². The summed E-state index contributed by atoms with van der Waals surface area (Å²) in [5.74, 6) is 0.598. The summed E-state index contributed by atoms with van der Waals surface area (Å²) in [6, 6.07) is 9.33. The maximum Gasteiger partial charge on any atom is 0.414 e. The highest BCUT2D eigenvalue weighted by Gasteiger charge is 2.33. The average Bonchev–Trinajstić information content (AvgIpc) is 3.03. The number of amides is 1. The summed E-state index contributed by atoms with van der Waals surface area (Å²) in [6.45, 7) is 1.88. The standard InChI is InChI=1S/C18H18Cl2N2O5S/c1-11-7-14(4-6-17(11)26-2)28(24,25)21-9-13-10-22(18(23)27-13)12-3-5-15(19)16(20)8-12/h3-8,13,21H,9-10H2,1-2H3. The second-order valence-electron chi connectivity index (χ2n) is 6.20. The molecule has 7 nitrogen and oxygen atoms in total. The minimum atomic E-state index is -3.76. The number of hydrogen-bond acceptors (Lipinski definition) is 5. The number of sulfonamides is 1. The Kier molecular flexibility index (Phi) is 6.04. The SMILES string of the molecule is COc1ccc(S(=O)(=O)NCC2CN(c3ccc(Cl)c(Cl)c3)C(=O)O2)cc1C. The number of nitrogens with zero attached hydrogens (tertiary/aromatic N) is 1. The summed E-state index contributed by atoms with van der Waals surface area (Å²) in [6.07, 6.45) is -1.22. The van der Waals surface area contributed by atoms with E-state index in [1.54, 1.807) is 31.2 Å². The van der Waals surface area contributed by atoms with Crippen molar-refractivity contribution in [2.24, 2.45) is 0 Å². The molecule has 2 aromatic rings. The van der Waals surface area contributed by atoms with E-state index in [9.17, 15) is 13.2 Å². The molecule has 1 atom stereocenters. The molecule has 2 aromatic carbocycles. The van der Waals surface area contributed by atoms with E-state index in [-0.39, 0.29) is 18.0 Å². The van der Waals surface area contributed by atoms with Crippen LogP contribution in [0.3, 0.4) is 0 Å². The first-order valence-electron chi connectivity index (χ1n) is 8.29. The topological polar surface area (TPSA) is 84.9 Å². The van der Waals surface area contributed by atoms with Gasteiger partial charge in [-0.1, -0.05) is 23.2 Å². The highest BCUT2D eigenvalue weighted by molar-refractivity contribution is 7.89. The lowest BCUT2D eigenvalue weighted by Crippen LogP contribution is -2.34. The van der Waals surface area contributed by atoms with Gasteiger partial charge in [0.05, 0.1) is 28.6 Å². The van der Waals surface area contributed by atoms with E-state index in [0.717, 1.165) is 0 Å². The van der Waals surface area contributed by atoms with Crippen LogP contribution in [-0.2, 0) is 14.8 Å². The number of cyclic esters (lactones) is 1. The molecule has 0 radical (unpaired) electrons. The highest BCUT2D eigenvalue weighted by atomic mass is 35.5. The number of ether oxygens (including phenoxy) is 2. The summed E-state index contributed by atoms with van der Waals surface area (Å²) in [4.78, 5) is 13.6. The van der Waals surface area contributed by atoms with Gasteiger partial charge in [0.1, 0.15) is 11.9 Å². The van der Waals surface area contributed by atoms with Gasteiger partial charge < -0.3 is 9.47 Å². The zero-order valence-corrected chi connectivity index (χ0v) is 17.4. The molecule has 1 heterocycles. The van der Waals surface area contributed by atoms with Crippen LogP contribution in [-0.4, -0.2) is 40.8 Å². The molecule has 0 saturated carbocycles. The molecule has 150 valence electrons. The van der Waals surface area contributed by atoms with Gasteiger partial charge in [0, 0.05) is 12.2 Å². The summed E-state index contributed by atoms with van der Waals surface area (Å²) >= 11 is 11.9. The normalized spacial score (nSPS) is 16.9. The lowest BCUT2D eigenvalue weighted by molar-refractivity contribution is 0.143. The van der Waals surface area contributed by atoms with Crippen molar-refractivity contribution >= 4 is 45.0 Å². The predicted molar refractivity (Wildman–Crippen MR) is 107 cm³/mol. The second-order valence-corrected chi connectivity index (χ2v) is 8.78. The third-order valence-corrected chi connectivity index (χ3v) is 6.43. The maximum atomic E-state index is 12.5. The van der Waals surface area contributed by atoms with E-state index >= 15 is 0 Å². The molecule has 0 aromatic heterocycles. The lowest BCUT2D eigenvalue weighted by atomic mass is 10.2. The van der Waals surface area contributed by atoms with E-state index in [1.807, 2.05) is 0 Å². The summed E-state index contributed by atoms with van der Waals surface area (Å²) in [5.41, 5.74) is 1.22. The minimum Gasteiger partial charge on any atom is -0.496 e. The number of hydrogen-bond donors (Lipinski definition) is 1. The Morgan fingerprint density at radius 2 is 1.96 bits per heavy atom. The van der Waals surface area contributed by atoms with Gasteiger partial charge in [-0.2, -0.15) is 0 Å². The van der Waals surface area contributed by atoms with Crippen LogP contribution in [0.2, 0.25) is 10.0 Å². The molecule has 0 spiro atoms. The van der Waals surface area contributed by atoms with Crippen molar-refractivity contribution in [3.8, 4) is 5.75 Å². The van der Waals surface area contributed by atoms with Gasteiger partial charge in [0.15, 0.2) is 0 Å². The summed E-state index contributed by atoms with van der Waals surface area (Å²) in [7, 11) is -2.24.